The zero-order valence-corrected chi connectivity index (χ0v) is 12.7. The highest BCUT2D eigenvalue weighted by Crippen LogP contribution is 2.27. The second-order valence-corrected chi connectivity index (χ2v) is 5.75. The zero-order chi connectivity index (χ0) is 15.6. The summed E-state index contributed by atoms with van der Waals surface area (Å²) in [5.41, 5.74) is 3.09. The Bertz CT molecular complexity index is 991. The Morgan fingerprint density at radius 1 is 0.696 bits per heavy atom. The van der Waals surface area contributed by atoms with E-state index in [0.717, 1.165) is 29.6 Å². The summed E-state index contributed by atoms with van der Waals surface area (Å²) in [7, 11) is 0. The van der Waals surface area contributed by atoms with Gasteiger partial charge in [0.15, 0.2) is 0 Å². The van der Waals surface area contributed by atoms with Gasteiger partial charge in [-0.2, -0.15) is 0 Å². The van der Waals surface area contributed by atoms with Crippen LogP contribution in [0.15, 0.2) is 72.8 Å². The van der Waals surface area contributed by atoms with Gasteiger partial charge >= 0.3 is 0 Å². The fraction of sp³-hybridized carbons (Fsp3) is 0.0952. The molecule has 4 rings (SSSR count). The molecule has 0 spiro atoms. The maximum absolute atomic E-state index is 13.3. The summed E-state index contributed by atoms with van der Waals surface area (Å²) in [4.78, 5) is 4.85. The molecule has 0 fully saturated rings. The Morgan fingerprint density at radius 2 is 1.43 bits per heavy atom. The predicted molar refractivity (Wildman–Crippen MR) is 93.1 cm³/mol. The summed E-state index contributed by atoms with van der Waals surface area (Å²) in [5, 5.41) is 3.59. The molecule has 2 heteroatoms. The number of aryl methyl sites for hydroxylation is 2. The van der Waals surface area contributed by atoms with Gasteiger partial charge in [-0.3, -0.25) is 4.98 Å². The van der Waals surface area contributed by atoms with E-state index in [1.165, 1.54) is 22.2 Å². The van der Waals surface area contributed by atoms with E-state index in [-0.39, 0.29) is 5.82 Å². The van der Waals surface area contributed by atoms with Gasteiger partial charge in [0.2, 0.25) is 0 Å². The molecule has 0 aliphatic rings. The summed E-state index contributed by atoms with van der Waals surface area (Å²) >= 11 is 0. The SMILES string of the molecule is Fc1cccc(CCc2nc3ccccc3c3ccccc23)c1. The average Bonchev–Trinajstić information content (AvgIpc) is 2.60. The van der Waals surface area contributed by atoms with Gasteiger partial charge in [0.05, 0.1) is 5.52 Å². The Hall–Kier alpha value is -2.74. The van der Waals surface area contributed by atoms with Gasteiger partial charge in [0.1, 0.15) is 5.82 Å². The van der Waals surface area contributed by atoms with Crippen molar-refractivity contribution < 1.29 is 4.39 Å². The summed E-state index contributed by atoms with van der Waals surface area (Å²) < 4.78 is 13.3. The molecule has 0 bridgehead atoms. The molecule has 1 nitrogen and oxygen atoms in total. The van der Waals surface area contributed by atoms with Crippen molar-refractivity contribution in [1.29, 1.82) is 0 Å². The van der Waals surface area contributed by atoms with E-state index in [2.05, 4.69) is 24.3 Å². The number of aromatic nitrogens is 1. The molecule has 0 saturated heterocycles. The number of benzene rings is 3. The van der Waals surface area contributed by atoms with Crippen molar-refractivity contribution in [2.45, 2.75) is 12.8 Å². The van der Waals surface area contributed by atoms with Gasteiger partial charge in [0.25, 0.3) is 0 Å². The summed E-state index contributed by atoms with van der Waals surface area (Å²) in [6.45, 7) is 0. The molecular formula is C21H16FN. The van der Waals surface area contributed by atoms with Crippen molar-refractivity contribution in [2.24, 2.45) is 0 Å². The van der Waals surface area contributed by atoms with Crippen LogP contribution in [-0.4, -0.2) is 4.98 Å². The molecule has 0 radical (unpaired) electrons. The third-order valence-corrected chi connectivity index (χ3v) is 4.23. The van der Waals surface area contributed by atoms with Crippen LogP contribution in [-0.2, 0) is 12.8 Å². The first-order chi connectivity index (χ1) is 11.3. The molecule has 0 unspecified atom stereocenters. The maximum Gasteiger partial charge on any atom is 0.123 e. The Morgan fingerprint density at radius 3 is 2.26 bits per heavy atom. The molecule has 3 aromatic carbocycles. The van der Waals surface area contributed by atoms with Gasteiger partial charge in [-0.05, 0) is 42.0 Å². The van der Waals surface area contributed by atoms with Crippen LogP contribution in [0, 0.1) is 5.82 Å². The lowest BCUT2D eigenvalue weighted by atomic mass is 10.00. The molecule has 0 aliphatic carbocycles. The predicted octanol–water partition coefficient (Wildman–Crippen LogP) is 5.31. The number of halogens is 1. The molecule has 0 atom stereocenters. The number of para-hydroxylation sites is 1. The van der Waals surface area contributed by atoms with E-state index >= 15 is 0 Å². The van der Waals surface area contributed by atoms with Gasteiger partial charge < -0.3 is 0 Å². The highest BCUT2D eigenvalue weighted by atomic mass is 19.1. The third kappa shape index (κ3) is 2.68. The Labute approximate surface area is 134 Å². The monoisotopic (exact) mass is 301 g/mol. The van der Waals surface area contributed by atoms with Crippen LogP contribution < -0.4 is 0 Å². The molecule has 0 amide bonds. The molecule has 1 heterocycles. The van der Waals surface area contributed by atoms with Crippen molar-refractivity contribution in [3.05, 3.63) is 89.9 Å². The molecule has 1 aromatic heterocycles. The van der Waals surface area contributed by atoms with E-state index < -0.39 is 0 Å². The first kappa shape index (κ1) is 13.9. The standard InChI is InChI=1S/C21H16FN/c22-16-7-5-6-15(14-16)12-13-21-19-9-2-1-8-17(19)18-10-3-4-11-20(18)23-21/h1-11,14H,12-13H2. The summed E-state index contributed by atoms with van der Waals surface area (Å²) in [6, 6.07) is 23.4. The van der Waals surface area contributed by atoms with Crippen LogP contribution in [0.5, 0.6) is 0 Å². The Balaban J connectivity index is 1.79. The quantitative estimate of drug-likeness (QED) is 0.467. The fourth-order valence-corrected chi connectivity index (χ4v) is 3.12. The maximum atomic E-state index is 13.3. The molecule has 4 aromatic rings. The van der Waals surface area contributed by atoms with Gasteiger partial charge in [-0.25, -0.2) is 4.39 Å². The van der Waals surface area contributed by atoms with Crippen LogP contribution in [0.4, 0.5) is 4.39 Å². The largest absolute Gasteiger partial charge is 0.252 e. The number of pyridine rings is 1. The average molecular weight is 301 g/mol. The molecule has 0 aliphatic heterocycles. The minimum absolute atomic E-state index is 0.182. The van der Waals surface area contributed by atoms with Gasteiger partial charge in [-0.15, -0.1) is 0 Å². The molecule has 0 N–H and O–H groups in total. The molecule has 23 heavy (non-hydrogen) atoms. The smallest absolute Gasteiger partial charge is 0.123 e. The highest BCUT2D eigenvalue weighted by molar-refractivity contribution is 6.06. The first-order valence-electron chi connectivity index (χ1n) is 7.82. The second kappa shape index (κ2) is 5.81. The zero-order valence-electron chi connectivity index (χ0n) is 12.7. The minimum atomic E-state index is -0.182. The van der Waals surface area contributed by atoms with E-state index in [9.17, 15) is 4.39 Å². The van der Waals surface area contributed by atoms with Gasteiger partial charge in [-0.1, -0.05) is 54.6 Å². The number of fused-ring (bicyclic) bond motifs is 3. The summed E-state index contributed by atoms with van der Waals surface area (Å²) in [5.74, 6) is -0.182. The molecule has 0 saturated carbocycles. The van der Waals surface area contributed by atoms with Crippen molar-refractivity contribution in [3.63, 3.8) is 0 Å². The lowest BCUT2D eigenvalue weighted by Gasteiger charge is -2.09. The lowest BCUT2D eigenvalue weighted by molar-refractivity contribution is 0.625. The second-order valence-electron chi connectivity index (χ2n) is 5.75. The lowest BCUT2D eigenvalue weighted by Crippen LogP contribution is -1.97. The van der Waals surface area contributed by atoms with Crippen LogP contribution in [0.2, 0.25) is 0 Å². The topological polar surface area (TPSA) is 12.9 Å². The summed E-state index contributed by atoms with van der Waals surface area (Å²) in [6.07, 6.45) is 1.59. The minimum Gasteiger partial charge on any atom is -0.252 e. The Kier molecular flexibility index (Phi) is 3.51. The van der Waals surface area contributed by atoms with Crippen LogP contribution >= 0.6 is 0 Å². The molecule has 112 valence electrons. The molecular weight excluding hydrogens is 285 g/mol. The van der Waals surface area contributed by atoms with E-state index in [1.54, 1.807) is 12.1 Å². The number of hydrogen-bond donors (Lipinski definition) is 0. The third-order valence-electron chi connectivity index (χ3n) is 4.23. The van der Waals surface area contributed by atoms with E-state index in [0.29, 0.717) is 0 Å². The van der Waals surface area contributed by atoms with Crippen LogP contribution in [0.25, 0.3) is 21.7 Å². The van der Waals surface area contributed by atoms with Gasteiger partial charge in [0, 0.05) is 16.5 Å². The van der Waals surface area contributed by atoms with E-state index in [1.807, 2.05) is 30.3 Å². The van der Waals surface area contributed by atoms with Crippen LogP contribution in [0.3, 0.4) is 0 Å². The number of nitrogens with zero attached hydrogens (tertiary/aromatic N) is 1. The number of rotatable bonds is 3. The van der Waals surface area contributed by atoms with Crippen molar-refractivity contribution in [1.82, 2.24) is 4.98 Å². The van der Waals surface area contributed by atoms with Crippen molar-refractivity contribution in [3.8, 4) is 0 Å². The van der Waals surface area contributed by atoms with Crippen molar-refractivity contribution in [2.75, 3.05) is 0 Å². The van der Waals surface area contributed by atoms with Crippen LogP contribution in [0.1, 0.15) is 11.3 Å². The first-order valence-corrected chi connectivity index (χ1v) is 7.82. The highest BCUT2D eigenvalue weighted by Gasteiger charge is 2.08. The van der Waals surface area contributed by atoms with E-state index in [4.69, 9.17) is 4.98 Å². The number of hydrogen-bond acceptors (Lipinski definition) is 1. The fourth-order valence-electron chi connectivity index (χ4n) is 3.12. The van der Waals surface area contributed by atoms with Crippen molar-refractivity contribution >= 4 is 21.7 Å². The normalized spacial score (nSPS) is 11.2.